The number of benzene rings is 1. The van der Waals surface area contributed by atoms with E-state index >= 15 is 0 Å². The van der Waals surface area contributed by atoms with Crippen LogP contribution in [0.5, 0.6) is 0 Å². The molecule has 6 heteroatoms. The first kappa shape index (κ1) is 9.43. The fraction of sp³-hybridized carbons (Fsp3) is 0. The van der Waals surface area contributed by atoms with Gasteiger partial charge in [-0.15, -0.1) is 5.23 Å². The van der Waals surface area contributed by atoms with E-state index in [4.69, 9.17) is 10.4 Å². The van der Waals surface area contributed by atoms with Crippen molar-refractivity contribution in [1.29, 1.82) is 0 Å². The number of hydrogen-bond acceptors (Lipinski definition) is 5. The number of carboxylic acid groups (broad SMARTS) is 1. The van der Waals surface area contributed by atoms with E-state index in [-0.39, 0.29) is 0 Å². The van der Waals surface area contributed by atoms with Crippen LogP contribution in [-0.4, -0.2) is 16.4 Å². The fourth-order valence-corrected chi connectivity index (χ4v) is 0.832. The second kappa shape index (κ2) is 3.38. The van der Waals surface area contributed by atoms with Crippen LogP contribution in [0, 0.1) is 5.82 Å². The topological polar surface area (TPSA) is 83.8 Å². The van der Waals surface area contributed by atoms with Crippen LogP contribution in [0.3, 0.4) is 0 Å². The highest BCUT2D eigenvalue weighted by Crippen LogP contribution is 2.19. The summed E-state index contributed by atoms with van der Waals surface area (Å²) < 4.78 is 13.0. The number of halogens is 1. The van der Waals surface area contributed by atoms with Crippen LogP contribution in [0.15, 0.2) is 18.2 Å². The summed E-state index contributed by atoms with van der Waals surface area (Å²) >= 11 is 0. The average molecular weight is 186 g/mol. The summed E-state index contributed by atoms with van der Waals surface area (Å²) in [6.45, 7) is 0. The number of carbonyl (C=O) groups excluding carboxylic acids is 1. The Morgan fingerprint density at radius 3 is 2.54 bits per heavy atom. The van der Waals surface area contributed by atoms with Crippen LogP contribution in [-0.2, 0) is 0 Å². The maximum Gasteiger partial charge on any atom is 0.160 e. The summed E-state index contributed by atoms with van der Waals surface area (Å²) in [6, 6.07) is 3.11. The number of carboxylic acids is 1. The van der Waals surface area contributed by atoms with E-state index in [0.717, 1.165) is 18.2 Å². The van der Waals surface area contributed by atoms with E-state index < -0.39 is 28.3 Å². The molecule has 0 bridgehead atoms. The van der Waals surface area contributed by atoms with Gasteiger partial charge in [0.05, 0.1) is 5.97 Å². The molecule has 0 amide bonds. The van der Waals surface area contributed by atoms with E-state index in [1.807, 2.05) is 0 Å². The van der Waals surface area contributed by atoms with Crippen molar-refractivity contribution in [2.75, 3.05) is 5.23 Å². The van der Waals surface area contributed by atoms with Gasteiger partial charge in [-0.25, -0.2) is 4.39 Å². The molecule has 0 fully saturated rings. The molecule has 0 spiro atoms. The van der Waals surface area contributed by atoms with E-state index in [2.05, 4.69) is 0 Å². The molecule has 0 aliphatic carbocycles. The van der Waals surface area contributed by atoms with Gasteiger partial charge < -0.3 is 9.90 Å². The number of hydrogen-bond donors (Lipinski definition) is 2. The summed E-state index contributed by atoms with van der Waals surface area (Å²) in [5, 5.41) is 26.7. The Hall–Kier alpha value is -1.66. The molecule has 0 unspecified atom stereocenters. The predicted octanol–water partition coefficient (Wildman–Crippen LogP) is -0.226. The summed E-state index contributed by atoms with van der Waals surface area (Å²) in [5.74, 6) is -2.98. The number of carbonyl (C=O) groups is 1. The van der Waals surface area contributed by atoms with E-state index in [1.54, 1.807) is 0 Å². The molecule has 1 aromatic carbocycles. The molecule has 2 N–H and O–H groups in total. The number of aromatic carboxylic acids is 1. The van der Waals surface area contributed by atoms with Crippen molar-refractivity contribution in [3.8, 4) is 0 Å². The minimum Gasteiger partial charge on any atom is -0.545 e. The first-order valence-corrected chi connectivity index (χ1v) is 3.21. The predicted molar refractivity (Wildman–Crippen MR) is 36.8 cm³/mol. The monoisotopic (exact) mass is 186 g/mol. The lowest BCUT2D eigenvalue weighted by Crippen LogP contribution is -2.24. The van der Waals surface area contributed by atoms with E-state index in [0.29, 0.717) is 0 Å². The summed E-state index contributed by atoms with van der Waals surface area (Å²) in [6.07, 6.45) is 0. The van der Waals surface area contributed by atoms with E-state index in [1.165, 1.54) is 0 Å². The van der Waals surface area contributed by atoms with Gasteiger partial charge in [-0.3, -0.25) is 10.4 Å². The molecule has 0 radical (unpaired) electrons. The zero-order chi connectivity index (χ0) is 10.0. The first-order valence-electron chi connectivity index (χ1n) is 3.21. The van der Waals surface area contributed by atoms with Gasteiger partial charge in [0.1, 0.15) is 5.69 Å². The number of nitrogens with zero attached hydrogens (tertiary/aromatic N) is 1. The van der Waals surface area contributed by atoms with Crippen LogP contribution in [0.4, 0.5) is 10.1 Å². The largest absolute Gasteiger partial charge is 0.545 e. The number of anilines is 1. The Labute approximate surface area is 72.2 Å². The molecule has 0 saturated carbocycles. The van der Waals surface area contributed by atoms with Gasteiger partial charge in [-0.2, -0.15) is 0 Å². The molecule has 0 heterocycles. The molecule has 0 saturated heterocycles. The van der Waals surface area contributed by atoms with Crippen molar-refractivity contribution >= 4 is 11.7 Å². The van der Waals surface area contributed by atoms with Crippen LogP contribution in [0.1, 0.15) is 10.4 Å². The Bertz CT molecular complexity index is 339. The van der Waals surface area contributed by atoms with Crippen LogP contribution in [0.25, 0.3) is 0 Å². The highest BCUT2D eigenvalue weighted by atomic mass is 19.1. The van der Waals surface area contributed by atoms with Gasteiger partial charge in [0.2, 0.25) is 0 Å². The van der Waals surface area contributed by atoms with Crippen molar-refractivity contribution in [1.82, 2.24) is 0 Å². The van der Waals surface area contributed by atoms with Crippen molar-refractivity contribution in [2.45, 2.75) is 0 Å². The standard InChI is InChI=1S/C7H6FNO4/c8-6-4(7(10)11)2-1-3-5(6)9(12)13/h1-3,12-13H,(H,10,11)/p-1. The highest BCUT2D eigenvalue weighted by Gasteiger charge is 2.11. The lowest BCUT2D eigenvalue weighted by atomic mass is 10.2. The molecular formula is C7H5FNO4-. The van der Waals surface area contributed by atoms with Gasteiger partial charge in [0.25, 0.3) is 0 Å². The van der Waals surface area contributed by atoms with Crippen LogP contribution in [0.2, 0.25) is 0 Å². The molecule has 5 nitrogen and oxygen atoms in total. The Balaban J connectivity index is 3.26. The molecule has 0 aliphatic heterocycles. The number of rotatable bonds is 2. The minimum absolute atomic E-state index is 0.498. The van der Waals surface area contributed by atoms with Gasteiger partial charge in [-0.1, -0.05) is 12.1 Å². The third kappa shape index (κ3) is 1.74. The fourth-order valence-electron chi connectivity index (χ4n) is 0.832. The quantitative estimate of drug-likeness (QED) is 0.623. The van der Waals surface area contributed by atoms with Gasteiger partial charge in [0, 0.05) is 5.56 Å². The Morgan fingerprint density at radius 2 is 2.08 bits per heavy atom. The molecule has 0 atom stereocenters. The molecule has 0 aliphatic rings. The van der Waals surface area contributed by atoms with Crippen molar-refractivity contribution in [3.05, 3.63) is 29.6 Å². The smallest absolute Gasteiger partial charge is 0.160 e. The molecule has 0 aromatic heterocycles. The van der Waals surface area contributed by atoms with Crippen molar-refractivity contribution in [2.24, 2.45) is 0 Å². The lowest BCUT2D eigenvalue weighted by Gasteiger charge is -2.11. The summed E-state index contributed by atoms with van der Waals surface area (Å²) in [4.78, 5) is 10.3. The molecule has 13 heavy (non-hydrogen) atoms. The zero-order valence-electron chi connectivity index (χ0n) is 6.27. The van der Waals surface area contributed by atoms with Crippen LogP contribution >= 0.6 is 0 Å². The second-order valence-electron chi connectivity index (χ2n) is 2.22. The molecule has 1 rings (SSSR count). The maximum atomic E-state index is 13.0. The van der Waals surface area contributed by atoms with Crippen LogP contribution < -0.4 is 10.3 Å². The lowest BCUT2D eigenvalue weighted by molar-refractivity contribution is -0.255. The van der Waals surface area contributed by atoms with Gasteiger partial charge in [0.15, 0.2) is 5.82 Å². The zero-order valence-corrected chi connectivity index (χ0v) is 6.27. The maximum absolute atomic E-state index is 13.0. The molecule has 70 valence electrons. The third-order valence-corrected chi connectivity index (χ3v) is 1.41. The van der Waals surface area contributed by atoms with E-state index in [9.17, 15) is 14.3 Å². The third-order valence-electron chi connectivity index (χ3n) is 1.41. The van der Waals surface area contributed by atoms with Crippen molar-refractivity contribution < 1.29 is 24.7 Å². The summed E-state index contributed by atoms with van der Waals surface area (Å²) in [5.41, 5.74) is -1.38. The first-order chi connectivity index (χ1) is 6.04. The Kier molecular flexibility index (Phi) is 2.45. The second-order valence-corrected chi connectivity index (χ2v) is 2.22. The van der Waals surface area contributed by atoms with Gasteiger partial charge >= 0.3 is 0 Å². The Morgan fingerprint density at radius 1 is 1.46 bits per heavy atom. The molecular weight excluding hydrogens is 181 g/mol. The van der Waals surface area contributed by atoms with Crippen molar-refractivity contribution in [3.63, 3.8) is 0 Å². The van der Waals surface area contributed by atoms with Gasteiger partial charge in [-0.05, 0) is 6.07 Å². The SMILES string of the molecule is O=C([O-])c1cccc(N(O)O)c1F. The molecule has 1 aromatic rings. The summed E-state index contributed by atoms with van der Waals surface area (Å²) in [7, 11) is 0. The minimum atomic E-state index is -1.72. The average Bonchev–Trinajstić information content (AvgIpc) is 2.03. The normalized spacial score (nSPS) is 9.77. The highest BCUT2D eigenvalue weighted by molar-refractivity contribution is 5.87.